The van der Waals surface area contributed by atoms with Crippen LogP contribution in [0.1, 0.15) is 37.7 Å². The monoisotopic (exact) mass is 408 g/mol. The van der Waals surface area contributed by atoms with Crippen LogP contribution in [0.15, 0.2) is 18.2 Å². The summed E-state index contributed by atoms with van der Waals surface area (Å²) in [6.45, 7) is 4.18. The maximum Gasteiger partial charge on any atom is 0.161 e. The number of aliphatic hydroxyl groups is 1. The summed E-state index contributed by atoms with van der Waals surface area (Å²) in [7, 11) is 3.80. The van der Waals surface area contributed by atoms with Crippen LogP contribution < -0.4 is 9.47 Å². The van der Waals surface area contributed by atoms with E-state index < -0.39 is 6.10 Å². The zero-order valence-electron chi connectivity index (χ0n) is 17.4. The first-order valence-electron chi connectivity index (χ1n) is 10.6. The van der Waals surface area contributed by atoms with Crippen LogP contribution in [0.25, 0.3) is 0 Å². The predicted octanol–water partition coefficient (Wildman–Crippen LogP) is 3.25. The number of ether oxygens (including phenoxy) is 2. The van der Waals surface area contributed by atoms with Crippen LogP contribution in [0.2, 0.25) is 0 Å². The molecular formula is C22H36N2O3S. The lowest BCUT2D eigenvalue weighted by atomic mass is 9.94. The van der Waals surface area contributed by atoms with Crippen molar-refractivity contribution >= 4 is 11.8 Å². The van der Waals surface area contributed by atoms with Crippen molar-refractivity contribution in [2.24, 2.45) is 0 Å². The number of benzene rings is 1. The molecule has 3 rings (SSSR count). The number of thioether (sulfide) groups is 1. The van der Waals surface area contributed by atoms with Gasteiger partial charge in [0.25, 0.3) is 0 Å². The van der Waals surface area contributed by atoms with E-state index >= 15 is 0 Å². The van der Waals surface area contributed by atoms with Crippen LogP contribution in [0, 0.1) is 0 Å². The number of aliphatic hydroxyl groups excluding tert-OH is 1. The Balaban J connectivity index is 1.48. The Morgan fingerprint density at radius 1 is 1.18 bits per heavy atom. The molecule has 2 aliphatic rings. The van der Waals surface area contributed by atoms with Crippen LogP contribution in [-0.4, -0.2) is 79.0 Å². The zero-order chi connectivity index (χ0) is 19.8. The number of rotatable bonds is 9. The lowest BCUT2D eigenvalue weighted by molar-refractivity contribution is 0.0553. The summed E-state index contributed by atoms with van der Waals surface area (Å²) in [6.07, 6.45) is 5.96. The molecule has 1 aliphatic heterocycles. The van der Waals surface area contributed by atoms with E-state index in [9.17, 15) is 5.11 Å². The summed E-state index contributed by atoms with van der Waals surface area (Å²) < 4.78 is 11.4. The van der Waals surface area contributed by atoms with Crippen molar-refractivity contribution in [3.63, 3.8) is 0 Å². The Labute approximate surface area is 174 Å². The average Bonchev–Trinajstić information content (AvgIpc) is 2.74. The Hall–Kier alpha value is -0.950. The third-order valence-electron chi connectivity index (χ3n) is 5.87. The first-order valence-corrected chi connectivity index (χ1v) is 11.8. The average molecular weight is 409 g/mol. The molecule has 6 heteroatoms. The van der Waals surface area contributed by atoms with Crippen molar-refractivity contribution in [3.05, 3.63) is 23.8 Å². The van der Waals surface area contributed by atoms with Gasteiger partial charge in [0.1, 0.15) is 12.7 Å². The third-order valence-corrected chi connectivity index (χ3v) is 6.81. The van der Waals surface area contributed by atoms with E-state index in [1.807, 2.05) is 17.8 Å². The van der Waals surface area contributed by atoms with E-state index in [1.165, 1.54) is 49.2 Å². The number of hydrogen-bond acceptors (Lipinski definition) is 6. The first kappa shape index (κ1) is 21.8. The maximum absolute atomic E-state index is 10.4. The minimum Gasteiger partial charge on any atom is -0.493 e. The smallest absolute Gasteiger partial charge is 0.161 e. The van der Waals surface area contributed by atoms with E-state index in [1.54, 1.807) is 7.11 Å². The molecule has 1 saturated carbocycles. The summed E-state index contributed by atoms with van der Waals surface area (Å²) in [6, 6.07) is 6.76. The van der Waals surface area contributed by atoms with Gasteiger partial charge in [-0.15, -0.1) is 0 Å². The Morgan fingerprint density at radius 2 is 1.93 bits per heavy atom. The maximum atomic E-state index is 10.4. The summed E-state index contributed by atoms with van der Waals surface area (Å²) in [5.74, 6) is 3.88. The molecule has 1 aromatic rings. The molecule has 0 aromatic heterocycles. The molecule has 1 aliphatic carbocycles. The summed E-state index contributed by atoms with van der Waals surface area (Å²) in [5, 5.41) is 10.4. The Kier molecular flexibility index (Phi) is 8.77. The van der Waals surface area contributed by atoms with Gasteiger partial charge in [0.05, 0.1) is 7.11 Å². The van der Waals surface area contributed by atoms with Gasteiger partial charge < -0.3 is 19.5 Å². The lowest BCUT2D eigenvalue weighted by Crippen LogP contribution is -2.40. The highest BCUT2D eigenvalue weighted by atomic mass is 32.2. The number of nitrogens with zero attached hydrogens (tertiary/aromatic N) is 2. The highest BCUT2D eigenvalue weighted by molar-refractivity contribution is 7.99. The van der Waals surface area contributed by atoms with Gasteiger partial charge in [0, 0.05) is 43.7 Å². The van der Waals surface area contributed by atoms with E-state index in [2.05, 4.69) is 29.0 Å². The third kappa shape index (κ3) is 6.55. The summed E-state index contributed by atoms with van der Waals surface area (Å²) in [4.78, 5) is 4.78. The standard InChI is InChI=1S/C22H36N2O3S/c1-23(19-6-4-3-5-7-19)16-20(25)17-27-21-9-8-18(14-22(21)26-2)15-24-10-12-28-13-11-24/h8-9,14,19-20,25H,3-7,10-13,15-17H2,1-2H3. The highest BCUT2D eigenvalue weighted by Gasteiger charge is 2.20. The van der Waals surface area contributed by atoms with E-state index in [-0.39, 0.29) is 6.61 Å². The molecule has 1 atom stereocenters. The predicted molar refractivity (Wildman–Crippen MR) is 117 cm³/mol. The normalized spacial score (nSPS) is 20.3. The quantitative estimate of drug-likeness (QED) is 0.677. The molecule has 0 radical (unpaired) electrons. The van der Waals surface area contributed by atoms with Gasteiger partial charge in [0.2, 0.25) is 0 Å². The van der Waals surface area contributed by atoms with Gasteiger partial charge in [-0.3, -0.25) is 4.90 Å². The second-order valence-corrected chi connectivity index (χ2v) is 9.29. The molecule has 0 amide bonds. The largest absolute Gasteiger partial charge is 0.493 e. The SMILES string of the molecule is COc1cc(CN2CCSCC2)ccc1OCC(O)CN(C)C1CCCCC1. The van der Waals surface area contributed by atoms with Gasteiger partial charge in [0.15, 0.2) is 11.5 Å². The van der Waals surface area contributed by atoms with E-state index in [0.29, 0.717) is 18.3 Å². The molecule has 1 unspecified atom stereocenters. The van der Waals surface area contributed by atoms with Crippen LogP contribution in [0.5, 0.6) is 11.5 Å². The Morgan fingerprint density at radius 3 is 2.64 bits per heavy atom. The van der Waals surface area contributed by atoms with E-state index in [4.69, 9.17) is 9.47 Å². The zero-order valence-corrected chi connectivity index (χ0v) is 18.3. The second-order valence-electron chi connectivity index (χ2n) is 8.07. The van der Waals surface area contributed by atoms with Crippen molar-refractivity contribution < 1.29 is 14.6 Å². The van der Waals surface area contributed by atoms with Crippen molar-refractivity contribution in [1.29, 1.82) is 0 Å². The van der Waals surface area contributed by atoms with Crippen molar-refractivity contribution in [2.75, 3.05) is 51.9 Å². The molecule has 0 spiro atoms. The summed E-state index contributed by atoms with van der Waals surface area (Å²) in [5.41, 5.74) is 1.24. The second kappa shape index (κ2) is 11.3. The van der Waals surface area contributed by atoms with Crippen LogP contribution in [0.3, 0.4) is 0 Å². The number of likely N-dealkylation sites (N-methyl/N-ethyl adjacent to an activating group) is 1. The number of hydrogen-bond donors (Lipinski definition) is 1. The van der Waals surface area contributed by atoms with Crippen LogP contribution in [-0.2, 0) is 6.54 Å². The van der Waals surface area contributed by atoms with Crippen molar-refractivity contribution in [3.8, 4) is 11.5 Å². The van der Waals surface area contributed by atoms with Gasteiger partial charge >= 0.3 is 0 Å². The van der Waals surface area contributed by atoms with Gasteiger partial charge in [-0.2, -0.15) is 11.8 Å². The number of methoxy groups -OCH3 is 1. The topological polar surface area (TPSA) is 45.2 Å². The van der Waals surface area contributed by atoms with Gasteiger partial charge in [-0.1, -0.05) is 25.3 Å². The van der Waals surface area contributed by atoms with Gasteiger partial charge in [-0.25, -0.2) is 0 Å². The van der Waals surface area contributed by atoms with Crippen LogP contribution >= 0.6 is 11.8 Å². The highest BCUT2D eigenvalue weighted by Crippen LogP contribution is 2.29. The van der Waals surface area contributed by atoms with Crippen molar-refractivity contribution in [1.82, 2.24) is 9.80 Å². The van der Waals surface area contributed by atoms with Crippen molar-refractivity contribution in [2.45, 2.75) is 50.8 Å². The first-order chi connectivity index (χ1) is 13.7. The fraction of sp³-hybridized carbons (Fsp3) is 0.727. The molecule has 0 bridgehead atoms. The fourth-order valence-corrected chi connectivity index (χ4v) is 5.17. The summed E-state index contributed by atoms with van der Waals surface area (Å²) >= 11 is 2.03. The van der Waals surface area contributed by atoms with Crippen LogP contribution in [0.4, 0.5) is 0 Å². The molecule has 5 nitrogen and oxygen atoms in total. The minimum atomic E-state index is -0.498. The molecule has 158 valence electrons. The lowest BCUT2D eigenvalue weighted by Gasteiger charge is -2.32. The van der Waals surface area contributed by atoms with E-state index in [0.717, 1.165) is 25.4 Å². The molecule has 1 heterocycles. The molecule has 28 heavy (non-hydrogen) atoms. The molecule has 1 aromatic carbocycles. The molecule has 1 N–H and O–H groups in total. The molecule has 2 fully saturated rings. The van der Waals surface area contributed by atoms with Gasteiger partial charge in [-0.05, 0) is 37.6 Å². The molecule has 1 saturated heterocycles. The Bertz CT molecular complexity index is 589. The fourth-order valence-electron chi connectivity index (χ4n) is 4.19. The molecular weight excluding hydrogens is 372 g/mol. The minimum absolute atomic E-state index is 0.288.